The molecule has 1 aliphatic rings. The van der Waals surface area contributed by atoms with Crippen LogP contribution in [-0.2, 0) is 17.5 Å². The molecule has 3 rings (SSSR count). The van der Waals surface area contributed by atoms with Gasteiger partial charge in [0, 0.05) is 25.2 Å². The van der Waals surface area contributed by atoms with E-state index in [0.717, 1.165) is 21.8 Å². The Kier molecular flexibility index (Phi) is 5.23. The van der Waals surface area contributed by atoms with Crippen molar-refractivity contribution < 1.29 is 23.1 Å². The number of fused-ring (bicyclic) bond motifs is 1. The van der Waals surface area contributed by atoms with Gasteiger partial charge in [0.25, 0.3) is 0 Å². The van der Waals surface area contributed by atoms with E-state index in [-0.39, 0.29) is 18.0 Å². The maximum absolute atomic E-state index is 12.8. The number of hydrogen-bond acceptors (Lipinski definition) is 5. The number of hydrogen-bond donors (Lipinski definition) is 1. The highest BCUT2D eigenvalue weighted by Crippen LogP contribution is 2.33. The maximum Gasteiger partial charge on any atom is 0.416 e. The number of rotatable bonds is 3. The monoisotopic (exact) mass is 387 g/mol. The minimum Gasteiger partial charge on any atom is -0.387 e. The van der Waals surface area contributed by atoms with Crippen LogP contribution in [0.25, 0.3) is 10.2 Å². The number of aromatic nitrogens is 1. The maximum atomic E-state index is 12.8. The van der Waals surface area contributed by atoms with E-state index >= 15 is 0 Å². The summed E-state index contributed by atoms with van der Waals surface area (Å²) in [4.78, 5) is 20.0. The van der Waals surface area contributed by atoms with Crippen molar-refractivity contribution in [2.75, 3.05) is 19.7 Å². The first-order chi connectivity index (χ1) is 12.2. The highest BCUT2D eigenvalue weighted by atomic mass is 32.1. The number of aliphatic hydroxyl groups excluding tert-OH is 1. The van der Waals surface area contributed by atoms with Crippen molar-refractivity contribution in [3.8, 4) is 0 Å². The van der Waals surface area contributed by atoms with Gasteiger partial charge in [0.05, 0.1) is 22.3 Å². The first-order valence-electron chi connectivity index (χ1n) is 8.30. The smallest absolute Gasteiger partial charge is 0.387 e. The van der Waals surface area contributed by atoms with Crippen LogP contribution in [0.4, 0.5) is 13.2 Å². The molecule has 0 saturated carbocycles. The number of piperazine rings is 1. The predicted octanol–water partition coefficient (Wildman–Crippen LogP) is 2.73. The predicted molar refractivity (Wildman–Crippen MR) is 92.8 cm³/mol. The summed E-state index contributed by atoms with van der Waals surface area (Å²) in [5.74, 6) is -0.288. The third-order valence-electron chi connectivity index (χ3n) is 4.67. The van der Waals surface area contributed by atoms with E-state index in [4.69, 9.17) is 5.11 Å². The van der Waals surface area contributed by atoms with Crippen LogP contribution in [0.2, 0.25) is 0 Å². The molecule has 0 bridgehead atoms. The lowest BCUT2D eigenvalue weighted by atomic mass is 10.1. The molecule has 1 unspecified atom stereocenters. The lowest BCUT2D eigenvalue weighted by Gasteiger charge is -2.43. The van der Waals surface area contributed by atoms with Crippen molar-refractivity contribution in [3.05, 3.63) is 28.8 Å². The van der Waals surface area contributed by atoms with Crippen LogP contribution >= 0.6 is 11.3 Å². The Labute approximate surface area is 153 Å². The van der Waals surface area contributed by atoms with E-state index in [0.29, 0.717) is 25.2 Å². The van der Waals surface area contributed by atoms with Gasteiger partial charge in [0.15, 0.2) is 0 Å². The highest BCUT2D eigenvalue weighted by Gasteiger charge is 2.33. The number of halogens is 3. The molecule has 0 spiro atoms. The van der Waals surface area contributed by atoms with Crippen LogP contribution in [-0.4, -0.2) is 57.6 Å². The highest BCUT2D eigenvalue weighted by molar-refractivity contribution is 7.18. The van der Waals surface area contributed by atoms with Gasteiger partial charge in [-0.15, -0.1) is 11.3 Å². The number of thiazole rings is 1. The molecular weight excluding hydrogens is 367 g/mol. The average molecular weight is 387 g/mol. The van der Waals surface area contributed by atoms with Gasteiger partial charge in [-0.25, -0.2) is 4.98 Å². The van der Waals surface area contributed by atoms with Gasteiger partial charge in [-0.05, 0) is 32.0 Å². The molecule has 0 aliphatic carbocycles. The number of alkyl halides is 3. The van der Waals surface area contributed by atoms with Crippen LogP contribution in [0, 0.1) is 0 Å². The Morgan fingerprint density at radius 2 is 2.04 bits per heavy atom. The molecular formula is C17H20F3N3O2S. The molecule has 26 heavy (non-hydrogen) atoms. The second kappa shape index (κ2) is 7.13. The van der Waals surface area contributed by atoms with Crippen molar-refractivity contribution in [3.63, 3.8) is 0 Å². The van der Waals surface area contributed by atoms with Crippen molar-refractivity contribution in [2.24, 2.45) is 0 Å². The molecule has 142 valence electrons. The van der Waals surface area contributed by atoms with Crippen molar-refractivity contribution >= 4 is 27.5 Å². The molecule has 1 aliphatic heterocycles. The minimum atomic E-state index is -4.38. The first-order valence-corrected chi connectivity index (χ1v) is 9.11. The summed E-state index contributed by atoms with van der Waals surface area (Å²) >= 11 is 1.38. The first kappa shape index (κ1) is 19.1. The summed E-state index contributed by atoms with van der Waals surface area (Å²) in [6.07, 6.45) is -4.38. The van der Waals surface area contributed by atoms with Gasteiger partial charge in [-0.3, -0.25) is 9.69 Å². The normalized spacial score (nSPS) is 22.2. The molecule has 1 saturated heterocycles. The zero-order valence-corrected chi connectivity index (χ0v) is 15.3. The number of carbonyl (C=O) groups excluding carboxylic acids is 1. The lowest BCUT2D eigenvalue weighted by molar-refractivity contribution is -0.140. The lowest BCUT2D eigenvalue weighted by Crippen LogP contribution is -2.58. The van der Waals surface area contributed by atoms with Crippen LogP contribution < -0.4 is 0 Å². The average Bonchev–Trinajstić information content (AvgIpc) is 2.97. The fourth-order valence-electron chi connectivity index (χ4n) is 3.25. The third kappa shape index (κ3) is 3.84. The van der Waals surface area contributed by atoms with Gasteiger partial charge in [0.2, 0.25) is 5.91 Å². The molecule has 2 heterocycles. The van der Waals surface area contributed by atoms with Gasteiger partial charge in [0.1, 0.15) is 11.6 Å². The van der Waals surface area contributed by atoms with E-state index in [1.807, 2.05) is 13.8 Å². The third-order valence-corrected chi connectivity index (χ3v) is 5.69. The van der Waals surface area contributed by atoms with Crippen molar-refractivity contribution in [2.45, 2.75) is 38.7 Å². The Bertz CT molecular complexity index is 808. The summed E-state index contributed by atoms with van der Waals surface area (Å²) in [7, 11) is 0. The Hall–Kier alpha value is -1.71. The summed E-state index contributed by atoms with van der Waals surface area (Å²) in [6, 6.07) is 3.65. The molecule has 9 heteroatoms. The topological polar surface area (TPSA) is 56.7 Å². The van der Waals surface area contributed by atoms with E-state index in [2.05, 4.69) is 9.88 Å². The molecule has 1 aromatic carbocycles. The molecule has 1 aromatic heterocycles. The van der Waals surface area contributed by atoms with Crippen LogP contribution in [0.3, 0.4) is 0 Å². The Morgan fingerprint density at radius 3 is 2.69 bits per heavy atom. The SMILES string of the molecule is CC1CN(Cc2nc3cc(C(F)(F)F)ccc3s2)[C@@H](C)CN1C(=O)CO. The van der Waals surface area contributed by atoms with Gasteiger partial charge < -0.3 is 10.0 Å². The van der Waals surface area contributed by atoms with Gasteiger partial charge in [-0.2, -0.15) is 13.2 Å². The van der Waals surface area contributed by atoms with Crippen molar-refractivity contribution in [1.82, 2.24) is 14.8 Å². The second-order valence-electron chi connectivity index (χ2n) is 6.62. The molecule has 0 radical (unpaired) electrons. The minimum absolute atomic E-state index is 0.0444. The van der Waals surface area contributed by atoms with E-state index in [1.165, 1.54) is 17.4 Å². The largest absolute Gasteiger partial charge is 0.416 e. The zero-order valence-electron chi connectivity index (χ0n) is 14.5. The molecule has 1 amide bonds. The standard InChI is InChI=1S/C17H20F3N3O2S/c1-10-7-23(16(25)9-24)11(2)6-22(10)8-15-21-13-5-12(17(18,19)20)3-4-14(13)26-15/h3-5,10-11,24H,6-9H2,1-2H3/t10-,11?/m0/s1. The van der Waals surface area contributed by atoms with Crippen LogP contribution in [0.15, 0.2) is 18.2 Å². The zero-order chi connectivity index (χ0) is 19.1. The van der Waals surface area contributed by atoms with Gasteiger partial charge in [-0.1, -0.05) is 0 Å². The number of carbonyl (C=O) groups is 1. The van der Waals surface area contributed by atoms with Crippen molar-refractivity contribution in [1.29, 1.82) is 0 Å². The molecule has 1 N–H and O–H groups in total. The van der Waals surface area contributed by atoms with E-state index in [9.17, 15) is 18.0 Å². The summed E-state index contributed by atoms with van der Waals surface area (Å²) < 4.78 is 39.2. The fraction of sp³-hybridized carbons (Fsp3) is 0.529. The van der Waals surface area contributed by atoms with E-state index in [1.54, 1.807) is 4.90 Å². The molecule has 1 fully saturated rings. The van der Waals surface area contributed by atoms with Gasteiger partial charge >= 0.3 is 6.18 Å². The summed E-state index contributed by atoms with van der Waals surface area (Å²) in [5, 5.41) is 9.81. The molecule has 5 nitrogen and oxygen atoms in total. The number of benzene rings is 1. The number of amides is 1. The summed E-state index contributed by atoms with van der Waals surface area (Å²) in [5.41, 5.74) is -0.338. The quantitative estimate of drug-likeness (QED) is 0.880. The fourth-order valence-corrected chi connectivity index (χ4v) is 4.22. The molecule has 2 atom stereocenters. The number of nitrogens with zero attached hydrogens (tertiary/aromatic N) is 3. The number of aliphatic hydroxyl groups is 1. The summed E-state index contributed by atoms with van der Waals surface area (Å²) in [6.45, 7) is 5.04. The second-order valence-corrected chi connectivity index (χ2v) is 7.73. The Balaban J connectivity index is 1.75. The molecule has 2 aromatic rings. The van der Waals surface area contributed by atoms with Crippen LogP contribution in [0.5, 0.6) is 0 Å². The Morgan fingerprint density at radius 1 is 1.31 bits per heavy atom. The van der Waals surface area contributed by atoms with E-state index < -0.39 is 18.3 Å². The van der Waals surface area contributed by atoms with Crippen LogP contribution in [0.1, 0.15) is 24.4 Å².